The molecule has 0 radical (unpaired) electrons. The van der Waals surface area contributed by atoms with Crippen molar-refractivity contribution in [3.8, 4) is 11.5 Å². The number of benzene rings is 2. The minimum Gasteiger partial charge on any atom is -0.496 e. The molecule has 4 nitrogen and oxygen atoms in total. The fraction of sp³-hybridized carbons (Fsp3) is 0.235. The number of hydrogen-bond acceptors (Lipinski definition) is 4. The molecule has 0 spiro atoms. The van der Waals surface area contributed by atoms with Crippen LogP contribution >= 0.6 is 0 Å². The molecule has 0 saturated heterocycles. The molecule has 1 atom stereocenters. The van der Waals surface area contributed by atoms with Crippen molar-refractivity contribution in [2.45, 2.75) is 6.10 Å². The van der Waals surface area contributed by atoms with Gasteiger partial charge in [-0.2, -0.15) is 0 Å². The number of para-hydroxylation sites is 2. The summed E-state index contributed by atoms with van der Waals surface area (Å²) in [6, 6.07) is 13.5. The standard InChI is InChI=1S/C17H17NO3/c1-18-10-17(21-15-6-4-3-5-14(15)18)12-7-8-13(11-19)16(9-12)20-2/h3-9,11,17H,10H2,1-2H3. The Labute approximate surface area is 123 Å². The van der Waals surface area contributed by atoms with Gasteiger partial charge in [-0.05, 0) is 29.8 Å². The SMILES string of the molecule is COc1cc(C2CN(C)c3ccccc3O2)ccc1C=O. The highest BCUT2D eigenvalue weighted by molar-refractivity contribution is 5.79. The van der Waals surface area contributed by atoms with E-state index in [1.807, 2.05) is 43.4 Å². The molecule has 0 bridgehead atoms. The van der Waals surface area contributed by atoms with E-state index in [1.165, 1.54) is 0 Å². The number of carbonyl (C=O) groups is 1. The van der Waals surface area contributed by atoms with Crippen LogP contribution in [0.3, 0.4) is 0 Å². The number of fused-ring (bicyclic) bond motifs is 1. The van der Waals surface area contributed by atoms with Crippen molar-refractivity contribution in [2.24, 2.45) is 0 Å². The van der Waals surface area contributed by atoms with Crippen LogP contribution in [0.1, 0.15) is 22.0 Å². The maximum Gasteiger partial charge on any atom is 0.153 e. The van der Waals surface area contributed by atoms with E-state index in [9.17, 15) is 4.79 Å². The molecular formula is C17H17NO3. The van der Waals surface area contributed by atoms with Crippen molar-refractivity contribution < 1.29 is 14.3 Å². The Balaban J connectivity index is 1.94. The van der Waals surface area contributed by atoms with E-state index in [2.05, 4.69) is 4.90 Å². The fourth-order valence-corrected chi connectivity index (χ4v) is 2.61. The molecule has 3 rings (SSSR count). The highest BCUT2D eigenvalue weighted by atomic mass is 16.5. The second-order valence-electron chi connectivity index (χ2n) is 5.07. The lowest BCUT2D eigenvalue weighted by atomic mass is 10.0. The Kier molecular flexibility index (Phi) is 3.52. The molecule has 0 aromatic heterocycles. The van der Waals surface area contributed by atoms with Gasteiger partial charge in [0.1, 0.15) is 17.6 Å². The maximum atomic E-state index is 11.0. The van der Waals surface area contributed by atoms with Gasteiger partial charge >= 0.3 is 0 Å². The zero-order valence-corrected chi connectivity index (χ0v) is 12.1. The molecule has 1 aliphatic rings. The molecule has 21 heavy (non-hydrogen) atoms. The number of rotatable bonds is 3. The molecule has 0 saturated carbocycles. The van der Waals surface area contributed by atoms with Gasteiger partial charge in [-0.3, -0.25) is 4.79 Å². The van der Waals surface area contributed by atoms with Crippen LogP contribution in [-0.2, 0) is 0 Å². The molecule has 2 aromatic carbocycles. The normalized spacial score (nSPS) is 16.9. The van der Waals surface area contributed by atoms with Crippen molar-refractivity contribution in [3.05, 3.63) is 53.6 Å². The van der Waals surface area contributed by atoms with Gasteiger partial charge in [-0.25, -0.2) is 0 Å². The topological polar surface area (TPSA) is 38.8 Å². The van der Waals surface area contributed by atoms with E-state index in [1.54, 1.807) is 13.2 Å². The fourth-order valence-electron chi connectivity index (χ4n) is 2.61. The second kappa shape index (κ2) is 5.48. The zero-order valence-electron chi connectivity index (χ0n) is 12.1. The van der Waals surface area contributed by atoms with Crippen LogP contribution in [0.25, 0.3) is 0 Å². The van der Waals surface area contributed by atoms with E-state index in [0.717, 1.165) is 29.8 Å². The predicted octanol–water partition coefficient (Wildman–Crippen LogP) is 3.08. The molecule has 0 aliphatic carbocycles. The highest BCUT2D eigenvalue weighted by Crippen LogP contribution is 2.37. The number of hydrogen-bond donors (Lipinski definition) is 0. The number of aldehydes is 1. The second-order valence-corrected chi connectivity index (χ2v) is 5.07. The van der Waals surface area contributed by atoms with Gasteiger partial charge in [0.2, 0.25) is 0 Å². The third-order valence-corrected chi connectivity index (χ3v) is 3.74. The first-order valence-electron chi connectivity index (χ1n) is 6.83. The smallest absolute Gasteiger partial charge is 0.153 e. The van der Waals surface area contributed by atoms with Crippen LogP contribution in [-0.4, -0.2) is 27.0 Å². The lowest BCUT2D eigenvalue weighted by molar-refractivity contribution is 0.112. The Hall–Kier alpha value is -2.49. The predicted molar refractivity (Wildman–Crippen MR) is 81.5 cm³/mol. The first-order valence-corrected chi connectivity index (χ1v) is 6.83. The van der Waals surface area contributed by atoms with Gasteiger partial charge in [-0.1, -0.05) is 18.2 Å². The van der Waals surface area contributed by atoms with Crippen LogP contribution in [0.2, 0.25) is 0 Å². The van der Waals surface area contributed by atoms with Gasteiger partial charge in [0.25, 0.3) is 0 Å². The van der Waals surface area contributed by atoms with Crippen LogP contribution in [0, 0.1) is 0 Å². The van der Waals surface area contributed by atoms with E-state index >= 15 is 0 Å². The Morgan fingerprint density at radius 3 is 2.86 bits per heavy atom. The number of likely N-dealkylation sites (N-methyl/N-ethyl adjacent to an activating group) is 1. The van der Waals surface area contributed by atoms with Crippen LogP contribution in [0.5, 0.6) is 11.5 Å². The summed E-state index contributed by atoms with van der Waals surface area (Å²) >= 11 is 0. The third kappa shape index (κ3) is 2.44. The van der Waals surface area contributed by atoms with E-state index in [0.29, 0.717) is 11.3 Å². The summed E-state index contributed by atoms with van der Waals surface area (Å²) in [4.78, 5) is 13.1. The monoisotopic (exact) mass is 283 g/mol. The largest absolute Gasteiger partial charge is 0.496 e. The Bertz CT molecular complexity index is 669. The summed E-state index contributed by atoms with van der Waals surface area (Å²) in [6.07, 6.45) is 0.714. The van der Waals surface area contributed by atoms with Crippen LogP contribution in [0.4, 0.5) is 5.69 Å². The maximum absolute atomic E-state index is 11.0. The number of carbonyl (C=O) groups excluding carboxylic acids is 1. The van der Waals surface area contributed by atoms with Gasteiger partial charge in [-0.15, -0.1) is 0 Å². The highest BCUT2D eigenvalue weighted by Gasteiger charge is 2.25. The van der Waals surface area contributed by atoms with Crippen molar-refractivity contribution in [2.75, 3.05) is 25.6 Å². The van der Waals surface area contributed by atoms with E-state index in [4.69, 9.17) is 9.47 Å². The van der Waals surface area contributed by atoms with Gasteiger partial charge in [0.05, 0.1) is 24.9 Å². The third-order valence-electron chi connectivity index (χ3n) is 3.74. The van der Waals surface area contributed by atoms with Crippen LogP contribution in [0.15, 0.2) is 42.5 Å². The molecule has 1 aliphatic heterocycles. The van der Waals surface area contributed by atoms with Crippen LogP contribution < -0.4 is 14.4 Å². The van der Waals surface area contributed by atoms with Crippen molar-refractivity contribution >= 4 is 12.0 Å². The Morgan fingerprint density at radius 2 is 2.10 bits per heavy atom. The molecule has 0 fully saturated rings. The molecule has 1 unspecified atom stereocenters. The molecule has 2 aromatic rings. The quantitative estimate of drug-likeness (QED) is 0.811. The minimum absolute atomic E-state index is 0.0838. The average Bonchev–Trinajstić information content (AvgIpc) is 2.54. The van der Waals surface area contributed by atoms with E-state index in [-0.39, 0.29) is 6.10 Å². The summed E-state index contributed by atoms with van der Waals surface area (Å²) in [5.74, 6) is 1.45. The van der Waals surface area contributed by atoms with Crippen molar-refractivity contribution in [3.63, 3.8) is 0 Å². The molecule has 108 valence electrons. The minimum atomic E-state index is -0.0838. The zero-order chi connectivity index (χ0) is 14.8. The molecule has 1 heterocycles. The summed E-state index contributed by atoms with van der Waals surface area (Å²) in [5, 5.41) is 0. The summed E-state index contributed by atoms with van der Waals surface area (Å²) in [7, 11) is 3.61. The lowest BCUT2D eigenvalue weighted by Gasteiger charge is -2.34. The van der Waals surface area contributed by atoms with Crippen molar-refractivity contribution in [1.82, 2.24) is 0 Å². The van der Waals surface area contributed by atoms with Crippen molar-refractivity contribution in [1.29, 1.82) is 0 Å². The number of methoxy groups -OCH3 is 1. The lowest BCUT2D eigenvalue weighted by Crippen LogP contribution is -2.32. The molecule has 0 amide bonds. The number of anilines is 1. The number of ether oxygens (including phenoxy) is 2. The molecule has 4 heteroatoms. The Morgan fingerprint density at radius 1 is 1.29 bits per heavy atom. The average molecular weight is 283 g/mol. The molecular weight excluding hydrogens is 266 g/mol. The van der Waals surface area contributed by atoms with Gasteiger partial charge in [0, 0.05) is 7.05 Å². The first kappa shape index (κ1) is 13.5. The first-order chi connectivity index (χ1) is 10.2. The number of nitrogens with zero attached hydrogens (tertiary/aromatic N) is 1. The van der Waals surface area contributed by atoms with Gasteiger partial charge < -0.3 is 14.4 Å². The summed E-state index contributed by atoms with van der Waals surface area (Å²) in [5.41, 5.74) is 2.63. The summed E-state index contributed by atoms with van der Waals surface area (Å²) < 4.78 is 11.3. The van der Waals surface area contributed by atoms with Gasteiger partial charge in [0.15, 0.2) is 6.29 Å². The molecule has 0 N–H and O–H groups in total. The van der Waals surface area contributed by atoms with E-state index < -0.39 is 0 Å². The summed E-state index contributed by atoms with van der Waals surface area (Å²) in [6.45, 7) is 0.751.